The number of rotatable bonds is 4. The molecule has 1 aliphatic rings. The highest BCUT2D eigenvalue weighted by Gasteiger charge is 2.36. The summed E-state index contributed by atoms with van der Waals surface area (Å²) >= 11 is 0. The second-order valence-corrected chi connectivity index (χ2v) is 4.94. The number of benzene rings is 1. The van der Waals surface area contributed by atoms with Gasteiger partial charge in [0, 0.05) is 24.7 Å². The van der Waals surface area contributed by atoms with E-state index in [0.717, 1.165) is 18.5 Å². The van der Waals surface area contributed by atoms with E-state index in [2.05, 4.69) is 6.92 Å². The average molecular weight is 260 g/mol. The Morgan fingerprint density at radius 1 is 1.21 bits per heavy atom. The molecular weight excluding hydrogens is 240 g/mol. The van der Waals surface area contributed by atoms with Gasteiger partial charge in [0.25, 0.3) is 0 Å². The number of hydrogen-bond acceptors (Lipinski definition) is 2. The van der Waals surface area contributed by atoms with Crippen LogP contribution in [-0.4, -0.2) is 29.4 Å². The van der Waals surface area contributed by atoms with E-state index in [4.69, 9.17) is 0 Å². The Kier molecular flexibility index (Phi) is 4.20. The Hall–Kier alpha value is -1.84. The van der Waals surface area contributed by atoms with Crippen LogP contribution in [0.2, 0.25) is 0 Å². The number of carbonyl (C=O) groups excluding carboxylic acids is 2. The highest BCUT2D eigenvalue weighted by molar-refractivity contribution is 6.06. The molecule has 0 spiro atoms. The minimum atomic E-state index is -0.191. The first kappa shape index (κ1) is 13.6. The van der Waals surface area contributed by atoms with Crippen molar-refractivity contribution in [3.05, 3.63) is 30.3 Å². The topological polar surface area (TPSA) is 40.6 Å². The molecule has 19 heavy (non-hydrogen) atoms. The molecule has 102 valence electrons. The Labute approximate surface area is 114 Å². The number of carbonyl (C=O) groups is 2. The standard InChI is InChI=1S/C15H20N2O2/c1-3-4-10-16-14(18)11-12(2)17(15(16)19)13-8-6-5-7-9-13/h5-9,12H,3-4,10-11H2,1-2H3. The zero-order chi connectivity index (χ0) is 13.8. The molecule has 1 aliphatic heterocycles. The predicted octanol–water partition coefficient (Wildman–Crippen LogP) is 3.03. The lowest BCUT2D eigenvalue weighted by Gasteiger charge is -2.38. The zero-order valence-corrected chi connectivity index (χ0v) is 11.5. The van der Waals surface area contributed by atoms with E-state index in [1.807, 2.05) is 37.3 Å². The Morgan fingerprint density at radius 3 is 2.53 bits per heavy atom. The number of anilines is 1. The smallest absolute Gasteiger partial charge is 0.291 e. The maximum absolute atomic E-state index is 12.5. The first-order chi connectivity index (χ1) is 9.15. The van der Waals surface area contributed by atoms with E-state index in [0.29, 0.717) is 13.0 Å². The highest BCUT2D eigenvalue weighted by atomic mass is 16.2. The second-order valence-electron chi connectivity index (χ2n) is 4.94. The molecule has 1 aromatic rings. The quantitative estimate of drug-likeness (QED) is 0.835. The summed E-state index contributed by atoms with van der Waals surface area (Å²) in [6.45, 7) is 4.49. The normalized spacial score (nSPS) is 20.0. The number of hydrogen-bond donors (Lipinski definition) is 0. The van der Waals surface area contributed by atoms with Gasteiger partial charge in [-0.25, -0.2) is 4.79 Å². The van der Waals surface area contributed by atoms with E-state index >= 15 is 0 Å². The fraction of sp³-hybridized carbons (Fsp3) is 0.467. The van der Waals surface area contributed by atoms with Crippen molar-refractivity contribution in [3.63, 3.8) is 0 Å². The summed E-state index contributed by atoms with van der Waals surface area (Å²) in [5.41, 5.74) is 0.856. The van der Waals surface area contributed by atoms with Gasteiger partial charge in [0.2, 0.25) is 5.91 Å². The summed E-state index contributed by atoms with van der Waals surface area (Å²) in [7, 11) is 0. The minimum Gasteiger partial charge on any atom is -0.291 e. The summed E-state index contributed by atoms with van der Waals surface area (Å²) in [4.78, 5) is 27.6. The summed E-state index contributed by atoms with van der Waals surface area (Å²) < 4.78 is 0. The first-order valence-corrected chi connectivity index (χ1v) is 6.83. The largest absolute Gasteiger partial charge is 0.331 e. The van der Waals surface area contributed by atoms with Crippen LogP contribution in [0.25, 0.3) is 0 Å². The Morgan fingerprint density at radius 2 is 1.89 bits per heavy atom. The third-order valence-corrected chi connectivity index (χ3v) is 3.42. The first-order valence-electron chi connectivity index (χ1n) is 6.83. The fourth-order valence-electron chi connectivity index (χ4n) is 2.37. The summed E-state index contributed by atoms with van der Waals surface area (Å²) in [6, 6.07) is 9.26. The van der Waals surface area contributed by atoms with Gasteiger partial charge in [-0.3, -0.25) is 14.6 Å². The maximum Gasteiger partial charge on any atom is 0.331 e. The van der Waals surface area contributed by atoms with Crippen LogP contribution in [0.3, 0.4) is 0 Å². The van der Waals surface area contributed by atoms with Gasteiger partial charge in [-0.2, -0.15) is 0 Å². The maximum atomic E-state index is 12.5. The molecule has 3 amide bonds. The van der Waals surface area contributed by atoms with Gasteiger partial charge in [0.15, 0.2) is 0 Å². The lowest BCUT2D eigenvalue weighted by atomic mass is 10.1. The highest BCUT2D eigenvalue weighted by Crippen LogP contribution is 2.25. The summed E-state index contributed by atoms with van der Waals surface area (Å²) in [6.07, 6.45) is 2.22. The number of para-hydroxylation sites is 1. The Balaban J connectivity index is 2.23. The second kappa shape index (κ2) is 5.87. The number of imide groups is 1. The average Bonchev–Trinajstić information content (AvgIpc) is 2.39. The molecule has 1 atom stereocenters. The molecule has 0 aromatic heterocycles. The number of urea groups is 1. The SMILES string of the molecule is CCCCN1C(=O)CC(C)N(c2ccccc2)C1=O. The summed E-state index contributed by atoms with van der Waals surface area (Å²) in [5.74, 6) is -0.0573. The Bertz CT molecular complexity index is 458. The van der Waals surface area contributed by atoms with Crippen molar-refractivity contribution < 1.29 is 9.59 Å². The minimum absolute atomic E-state index is 0.0573. The molecule has 0 bridgehead atoms. The van der Waals surface area contributed by atoms with Crippen molar-refractivity contribution in [1.82, 2.24) is 4.90 Å². The molecule has 4 heteroatoms. The predicted molar refractivity (Wildman–Crippen MR) is 75.0 cm³/mol. The van der Waals surface area contributed by atoms with Gasteiger partial charge < -0.3 is 0 Å². The van der Waals surface area contributed by atoms with Crippen molar-refractivity contribution in [2.24, 2.45) is 0 Å². The molecule has 0 aliphatic carbocycles. The van der Waals surface area contributed by atoms with Crippen LogP contribution < -0.4 is 4.90 Å². The molecular formula is C15H20N2O2. The monoisotopic (exact) mass is 260 g/mol. The van der Waals surface area contributed by atoms with E-state index in [-0.39, 0.29) is 18.0 Å². The number of nitrogens with zero attached hydrogens (tertiary/aromatic N) is 2. The van der Waals surface area contributed by atoms with Crippen LogP contribution in [0, 0.1) is 0 Å². The van der Waals surface area contributed by atoms with Crippen molar-refractivity contribution in [3.8, 4) is 0 Å². The van der Waals surface area contributed by atoms with Crippen LogP contribution in [0.5, 0.6) is 0 Å². The third-order valence-electron chi connectivity index (χ3n) is 3.42. The van der Waals surface area contributed by atoms with Crippen LogP contribution in [0.4, 0.5) is 10.5 Å². The van der Waals surface area contributed by atoms with Gasteiger partial charge >= 0.3 is 6.03 Å². The van der Waals surface area contributed by atoms with E-state index in [1.165, 1.54) is 4.90 Å². The van der Waals surface area contributed by atoms with Crippen LogP contribution in [0.15, 0.2) is 30.3 Å². The molecule has 1 fully saturated rings. The van der Waals surface area contributed by atoms with Gasteiger partial charge in [-0.05, 0) is 25.5 Å². The lowest BCUT2D eigenvalue weighted by Crippen LogP contribution is -2.56. The summed E-state index contributed by atoms with van der Waals surface area (Å²) in [5, 5.41) is 0. The van der Waals surface area contributed by atoms with Crippen molar-refractivity contribution in [2.75, 3.05) is 11.4 Å². The molecule has 1 unspecified atom stereocenters. The number of unbranched alkanes of at least 4 members (excludes halogenated alkanes) is 1. The molecule has 1 heterocycles. The van der Waals surface area contributed by atoms with Crippen LogP contribution in [-0.2, 0) is 4.79 Å². The van der Waals surface area contributed by atoms with Gasteiger partial charge in [0.1, 0.15) is 0 Å². The zero-order valence-electron chi connectivity index (χ0n) is 11.5. The molecule has 2 rings (SSSR count). The van der Waals surface area contributed by atoms with Crippen molar-refractivity contribution >= 4 is 17.6 Å². The molecule has 4 nitrogen and oxygen atoms in total. The van der Waals surface area contributed by atoms with Crippen LogP contribution >= 0.6 is 0 Å². The van der Waals surface area contributed by atoms with E-state index in [9.17, 15) is 9.59 Å². The fourth-order valence-corrected chi connectivity index (χ4v) is 2.37. The van der Waals surface area contributed by atoms with Gasteiger partial charge in [0.05, 0.1) is 0 Å². The third kappa shape index (κ3) is 2.78. The molecule has 0 radical (unpaired) electrons. The van der Waals surface area contributed by atoms with E-state index < -0.39 is 0 Å². The van der Waals surface area contributed by atoms with E-state index in [1.54, 1.807) is 4.90 Å². The molecule has 0 saturated carbocycles. The van der Waals surface area contributed by atoms with Crippen LogP contribution in [0.1, 0.15) is 33.1 Å². The van der Waals surface area contributed by atoms with Gasteiger partial charge in [-0.1, -0.05) is 31.5 Å². The molecule has 1 aromatic carbocycles. The molecule has 1 saturated heterocycles. The molecule has 0 N–H and O–H groups in total. The van der Waals surface area contributed by atoms with Crippen molar-refractivity contribution in [2.45, 2.75) is 39.2 Å². The van der Waals surface area contributed by atoms with Gasteiger partial charge in [-0.15, -0.1) is 0 Å². The van der Waals surface area contributed by atoms with Crippen molar-refractivity contribution in [1.29, 1.82) is 0 Å². The lowest BCUT2D eigenvalue weighted by molar-refractivity contribution is -0.129. The number of amides is 3.